The van der Waals surface area contributed by atoms with E-state index in [1.54, 1.807) is 49.2 Å². The molecule has 0 spiro atoms. The smallest absolute Gasteiger partial charge is 0.323 e. The second kappa shape index (κ2) is 8.92. The normalized spacial score (nSPS) is 10.3. The molecule has 1 aromatic heterocycles. The molecule has 1 heterocycles. The van der Waals surface area contributed by atoms with Crippen LogP contribution in [0.1, 0.15) is 5.56 Å². The second-order valence-electron chi connectivity index (χ2n) is 6.63. The van der Waals surface area contributed by atoms with Gasteiger partial charge >= 0.3 is 6.03 Å². The van der Waals surface area contributed by atoms with Crippen LogP contribution in [-0.2, 0) is 4.79 Å². The van der Waals surface area contributed by atoms with Gasteiger partial charge in [-0.05, 0) is 61.0 Å². The number of aromatic nitrogens is 2. The molecule has 0 saturated heterocycles. The number of carbonyl (C=O) groups excluding carboxylic acids is 2. The first kappa shape index (κ1) is 19.9. The molecule has 0 unspecified atom stereocenters. The monoisotopic (exact) mass is 393 g/mol. The molecule has 0 aliphatic heterocycles. The zero-order chi connectivity index (χ0) is 20.8. The van der Waals surface area contributed by atoms with Gasteiger partial charge in [-0.3, -0.25) is 4.79 Å². The fourth-order valence-corrected chi connectivity index (χ4v) is 2.55. The van der Waals surface area contributed by atoms with Gasteiger partial charge in [-0.25, -0.2) is 9.48 Å². The lowest BCUT2D eigenvalue weighted by Crippen LogP contribution is -2.27. The average molecular weight is 393 g/mol. The Balaban J connectivity index is 1.56. The summed E-state index contributed by atoms with van der Waals surface area (Å²) in [5, 5.41) is 9.81. The number of nitrogens with one attached hydrogen (secondary N) is 2. The predicted molar refractivity (Wildman–Crippen MR) is 112 cm³/mol. The summed E-state index contributed by atoms with van der Waals surface area (Å²) in [5.41, 5.74) is 3.16. The minimum atomic E-state index is -0.351. The Kier molecular flexibility index (Phi) is 6.13. The summed E-state index contributed by atoms with van der Waals surface area (Å²) >= 11 is 0. The van der Waals surface area contributed by atoms with Crippen LogP contribution in [0.25, 0.3) is 5.69 Å². The summed E-state index contributed by atoms with van der Waals surface area (Å²) < 4.78 is 7.17. The van der Waals surface area contributed by atoms with Gasteiger partial charge in [0.05, 0.1) is 5.69 Å². The number of rotatable bonds is 6. The average Bonchev–Trinajstić information content (AvgIpc) is 3.23. The van der Waals surface area contributed by atoms with Crippen LogP contribution in [-0.4, -0.2) is 47.3 Å². The van der Waals surface area contributed by atoms with Crippen LogP contribution in [0, 0.1) is 6.92 Å². The Morgan fingerprint density at radius 3 is 2.48 bits per heavy atom. The minimum absolute atomic E-state index is 0.0337. The van der Waals surface area contributed by atoms with E-state index in [1.165, 1.54) is 4.90 Å². The van der Waals surface area contributed by atoms with Crippen LogP contribution in [0.2, 0.25) is 0 Å². The van der Waals surface area contributed by atoms with E-state index in [2.05, 4.69) is 15.7 Å². The Labute approximate surface area is 169 Å². The van der Waals surface area contributed by atoms with Crippen molar-refractivity contribution in [3.05, 3.63) is 66.5 Å². The molecule has 2 aromatic carbocycles. The highest BCUT2D eigenvalue weighted by Crippen LogP contribution is 2.20. The number of likely N-dealkylation sites (N-methyl/N-ethyl adjacent to an activating group) is 1. The van der Waals surface area contributed by atoms with Crippen molar-refractivity contribution in [3.8, 4) is 11.4 Å². The van der Waals surface area contributed by atoms with Gasteiger partial charge in [0.15, 0.2) is 6.61 Å². The molecule has 3 aromatic rings. The van der Waals surface area contributed by atoms with Gasteiger partial charge in [0.1, 0.15) is 5.75 Å². The molecule has 0 fully saturated rings. The maximum absolute atomic E-state index is 12.3. The highest BCUT2D eigenvalue weighted by Gasteiger charge is 2.08. The maximum atomic E-state index is 12.3. The number of benzene rings is 2. The summed E-state index contributed by atoms with van der Waals surface area (Å²) in [6.45, 7) is 1.89. The van der Waals surface area contributed by atoms with E-state index in [1.807, 2.05) is 37.4 Å². The number of ether oxygens (including phenoxy) is 1. The zero-order valence-corrected chi connectivity index (χ0v) is 16.5. The predicted octanol–water partition coefficient (Wildman–Crippen LogP) is 3.29. The van der Waals surface area contributed by atoms with E-state index in [0.29, 0.717) is 17.1 Å². The summed E-state index contributed by atoms with van der Waals surface area (Å²) in [6.07, 6.45) is 3.57. The molecular weight excluding hydrogens is 370 g/mol. The van der Waals surface area contributed by atoms with Crippen molar-refractivity contribution in [2.45, 2.75) is 6.92 Å². The van der Waals surface area contributed by atoms with E-state index in [-0.39, 0.29) is 18.5 Å². The van der Waals surface area contributed by atoms with Crippen LogP contribution in [0.5, 0.6) is 5.75 Å². The molecular formula is C21H23N5O3. The largest absolute Gasteiger partial charge is 0.484 e. The topological polar surface area (TPSA) is 88.5 Å². The zero-order valence-electron chi connectivity index (χ0n) is 16.5. The molecule has 0 saturated carbocycles. The van der Waals surface area contributed by atoms with Crippen LogP contribution in [0.15, 0.2) is 60.9 Å². The molecule has 0 aliphatic rings. The molecule has 0 bridgehead atoms. The van der Waals surface area contributed by atoms with Crippen LogP contribution < -0.4 is 15.4 Å². The van der Waals surface area contributed by atoms with Crippen LogP contribution in [0.3, 0.4) is 0 Å². The van der Waals surface area contributed by atoms with E-state index in [4.69, 9.17) is 4.74 Å². The van der Waals surface area contributed by atoms with E-state index >= 15 is 0 Å². The van der Waals surface area contributed by atoms with Gasteiger partial charge in [-0.1, -0.05) is 0 Å². The molecule has 0 aliphatic carbocycles. The summed E-state index contributed by atoms with van der Waals surface area (Å²) in [6, 6.07) is 14.0. The van der Waals surface area contributed by atoms with Gasteiger partial charge in [0.2, 0.25) is 0 Å². The number of anilines is 2. The lowest BCUT2D eigenvalue weighted by Gasteiger charge is -2.13. The second-order valence-corrected chi connectivity index (χ2v) is 6.63. The maximum Gasteiger partial charge on any atom is 0.323 e. The minimum Gasteiger partial charge on any atom is -0.484 e. The summed E-state index contributed by atoms with van der Waals surface area (Å²) in [7, 11) is 3.34. The Morgan fingerprint density at radius 2 is 1.86 bits per heavy atom. The molecule has 0 radical (unpaired) electrons. The number of urea groups is 1. The van der Waals surface area contributed by atoms with Crippen molar-refractivity contribution in [1.82, 2.24) is 14.7 Å². The van der Waals surface area contributed by atoms with Crippen molar-refractivity contribution in [2.24, 2.45) is 0 Å². The van der Waals surface area contributed by atoms with Crippen molar-refractivity contribution in [2.75, 3.05) is 31.3 Å². The Hall–Kier alpha value is -3.81. The van der Waals surface area contributed by atoms with Crippen LogP contribution >= 0.6 is 0 Å². The van der Waals surface area contributed by atoms with Gasteiger partial charge in [-0.2, -0.15) is 5.10 Å². The molecule has 0 atom stereocenters. The fraction of sp³-hybridized carbons (Fsp3) is 0.190. The Bertz CT molecular complexity index is 982. The molecule has 2 N–H and O–H groups in total. The van der Waals surface area contributed by atoms with Gasteiger partial charge in [0, 0.05) is 37.9 Å². The first-order chi connectivity index (χ1) is 13.9. The van der Waals surface area contributed by atoms with E-state index in [9.17, 15) is 9.59 Å². The first-order valence-electron chi connectivity index (χ1n) is 9.04. The quantitative estimate of drug-likeness (QED) is 0.673. The molecule has 8 nitrogen and oxygen atoms in total. The third-order valence-corrected chi connectivity index (χ3v) is 4.20. The van der Waals surface area contributed by atoms with Crippen molar-refractivity contribution in [1.29, 1.82) is 0 Å². The highest BCUT2D eigenvalue weighted by atomic mass is 16.5. The van der Waals surface area contributed by atoms with Gasteiger partial charge < -0.3 is 20.3 Å². The van der Waals surface area contributed by atoms with Crippen LogP contribution in [0.4, 0.5) is 16.2 Å². The summed E-state index contributed by atoms with van der Waals surface area (Å²) in [4.78, 5) is 25.3. The number of carbonyl (C=O) groups is 2. The molecule has 29 heavy (non-hydrogen) atoms. The first-order valence-corrected chi connectivity index (χ1v) is 9.04. The lowest BCUT2D eigenvalue weighted by atomic mass is 10.2. The van der Waals surface area contributed by atoms with Gasteiger partial charge in [0.25, 0.3) is 5.91 Å². The fourth-order valence-electron chi connectivity index (χ4n) is 2.55. The SMILES string of the molecule is Cc1cc(-n2cccn2)ccc1NC(=O)Nc1ccc(OCC(=O)N(C)C)cc1. The lowest BCUT2D eigenvalue weighted by molar-refractivity contribution is -0.130. The standard InChI is InChI=1S/C21H23N5O3/c1-15-13-17(26-12-4-11-22-26)7-10-19(15)24-21(28)23-16-5-8-18(9-6-16)29-14-20(27)25(2)3/h4-13H,14H2,1-3H3,(H2,23,24,28). The molecule has 150 valence electrons. The number of hydrogen-bond acceptors (Lipinski definition) is 4. The highest BCUT2D eigenvalue weighted by molar-refractivity contribution is 6.00. The van der Waals surface area contributed by atoms with Crippen molar-refractivity contribution < 1.29 is 14.3 Å². The number of amides is 3. The summed E-state index contributed by atoms with van der Waals surface area (Å²) in [5.74, 6) is 0.428. The molecule has 8 heteroatoms. The van der Waals surface area contributed by atoms with E-state index in [0.717, 1.165) is 11.3 Å². The van der Waals surface area contributed by atoms with Crippen molar-refractivity contribution >= 4 is 23.3 Å². The molecule has 3 rings (SSSR count). The number of aryl methyl sites for hydroxylation is 1. The van der Waals surface area contributed by atoms with Gasteiger partial charge in [-0.15, -0.1) is 0 Å². The number of nitrogens with zero attached hydrogens (tertiary/aromatic N) is 3. The third kappa shape index (κ3) is 5.35. The number of hydrogen-bond donors (Lipinski definition) is 2. The third-order valence-electron chi connectivity index (χ3n) is 4.20. The molecule has 3 amide bonds. The van der Waals surface area contributed by atoms with Crippen molar-refractivity contribution in [3.63, 3.8) is 0 Å². The Morgan fingerprint density at radius 1 is 1.10 bits per heavy atom. The van der Waals surface area contributed by atoms with E-state index < -0.39 is 0 Å².